The maximum atomic E-state index is 13.8. The van der Waals surface area contributed by atoms with Crippen molar-refractivity contribution >= 4 is 5.91 Å². The van der Waals surface area contributed by atoms with Crippen LogP contribution in [-0.2, 0) is 0 Å². The lowest BCUT2D eigenvalue weighted by atomic mass is 10.1. The molecule has 1 fully saturated rings. The van der Waals surface area contributed by atoms with Gasteiger partial charge in [0, 0.05) is 25.2 Å². The van der Waals surface area contributed by atoms with Gasteiger partial charge in [-0.25, -0.2) is 4.39 Å². The van der Waals surface area contributed by atoms with Gasteiger partial charge in [0.1, 0.15) is 5.82 Å². The highest BCUT2D eigenvalue weighted by atomic mass is 19.1. The van der Waals surface area contributed by atoms with E-state index >= 15 is 0 Å². The number of nitrogens with zero attached hydrogens (tertiary/aromatic N) is 1. The highest BCUT2D eigenvalue weighted by Gasteiger charge is 2.26. The van der Waals surface area contributed by atoms with Gasteiger partial charge in [-0.1, -0.05) is 6.07 Å². The van der Waals surface area contributed by atoms with Crippen LogP contribution in [0.2, 0.25) is 0 Å². The van der Waals surface area contributed by atoms with Crippen molar-refractivity contribution in [1.29, 1.82) is 0 Å². The molecule has 1 aromatic carbocycles. The summed E-state index contributed by atoms with van der Waals surface area (Å²) in [7, 11) is 0. The van der Waals surface area contributed by atoms with Crippen LogP contribution in [0.1, 0.15) is 29.8 Å². The second kappa shape index (κ2) is 5.06. The summed E-state index contributed by atoms with van der Waals surface area (Å²) in [5.74, 6) is -0.647. The van der Waals surface area contributed by atoms with Gasteiger partial charge in [-0.2, -0.15) is 0 Å². The van der Waals surface area contributed by atoms with Gasteiger partial charge in [0.15, 0.2) is 0 Å². The third-order valence-corrected chi connectivity index (χ3v) is 3.20. The van der Waals surface area contributed by atoms with Crippen molar-refractivity contribution in [1.82, 2.24) is 10.2 Å². The van der Waals surface area contributed by atoms with Crippen molar-refractivity contribution in [3.8, 4) is 0 Å². The van der Waals surface area contributed by atoms with Gasteiger partial charge in [0.05, 0.1) is 5.56 Å². The van der Waals surface area contributed by atoms with Crippen molar-refractivity contribution < 1.29 is 9.18 Å². The van der Waals surface area contributed by atoms with Crippen molar-refractivity contribution in [2.24, 2.45) is 0 Å². The molecule has 0 saturated carbocycles. The molecular weight excluding hydrogens is 231 g/mol. The normalized spacial score (nSPS) is 24.1. The third kappa shape index (κ3) is 2.70. The van der Waals surface area contributed by atoms with E-state index in [9.17, 15) is 9.18 Å². The maximum absolute atomic E-state index is 13.8. The third-order valence-electron chi connectivity index (χ3n) is 3.20. The molecule has 0 unspecified atom stereocenters. The minimum Gasteiger partial charge on any atom is -0.335 e. The lowest BCUT2D eigenvalue weighted by Gasteiger charge is -2.36. The fourth-order valence-corrected chi connectivity index (χ4v) is 2.46. The van der Waals surface area contributed by atoms with E-state index in [1.165, 1.54) is 6.07 Å². The Morgan fingerprint density at radius 3 is 2.50 bits per heavy atom. The number of carbonyl (C=O) groups is 1. The van der Waals surface area contributed by atoms with Gasteiger partial charge in [-0.05, 0) is 38.5 Å². The Labute approximate surface area is 107 Å². The van der Waals surface area contributed by atoms with Crippen molar-refractivity contribution in [2.45, 2.75) is 32.9 Å². The van der Waals surface area contributed by atoms with Crippen LogP contribution in [0.15, 0.2) is 18.2 Å². The Bertz CT molecular complexity index is 451. The Hall–Kier alpha value is -1.42. The topological polar surface area (TPSA) is 32.3 Å². The molecule has 0 aromatic heterocycles. The smallest absolute Gasteiger partial charge is 0.256 e. The zero-order chi connectivity index (χ0) is 13.3. The molecule has 0 bridgehead atoms. The summed E-state index contributed by atoms with van der Waals surface area (Å²) >= 11 is 0. The number of piperazine rings is 1. The maximum Gasteiger partial charge on any atom is 0.256 e. The average Bonchev–Trinajstić information content (AvgIpc) is 2.26. The first-order valence-corrected chi connectivity index (χ1v) is 6.29. The summed E-state index contributed by atoms with van der Waals surface area (Å²) in [5, 5.41) is 3.35. The summed E-state index contributed by atoms with van der Waals surface area (Å²) < 4.78 is 13.8. The molecule has 2 rings (SSSR count). The molecule has 18 heavy (non-hydrogen) atoms. The number of amides is 1. The molecule has 0 aliphatic carbocycles. The Morgan fingerprint density at radius 2 is 1.94 bits per heavy atom. The van der Waals surface area contributed by atoms with Crippen LogP contribution in [0.4, 0.5) is 4.39 Å². The first kappa shape index (κ1) is 13.0. The zero-order valence-electron chi connectivity index (χ0n) is 11.0. The second-order valence-electron chi connectivity index (χ2n) is 5.16. The Kier molecular flexibility index (Phi) is 3.66. The number of carbonyl (C=O) groups excluding carboxylic acids is 1. The van der Waals surface area contributed by atoms with Crippen LogP contribution in [0, 0.1) is 12.7 Å². The van der Waals surface area contributed by atoms with E-state index in [4.69, 9.17) is 0 Å². The first-order valence-electron chi connectivity index (χ1n) is 6.29. The highest BCUT2D eigenvalue weighted by Crippen LogP contribution is 2.15. The SMILES string of the molecule is Cc1ccc(C(=O)N2C[C@H](C)N[C@@H](C)C2)c(F)c1. The molecule has 98 valence electrons. The number of nitrogens with one attached hydrogen (secondary N) is 1. The monoisotopic (exact) mass is 250 g/mol. The van der Waals surface area contributed by atoms with E-state index in [-0.39, 0.29) is 23.6 Å². The van der Waals surface area contributed by atoms with Crippen LogP contribution >= 0.6 is 0 Å². The molecule has 1 heterocycles. The summed E-state index contributed by atoms with van der Waals surface area (Å²) in [6.07, 6.45) is 0. The predicted molar refractivity (Wildman–Crippen MR) is 69.1 cm³/mol. The van der Waals surface area contributed by atoms with Crippen molar-refractivity contribution in [3.05, 3.63) is 35.1 Å². The van der Waals surface area contributed by atoms with E-state index < -0.39 is 5.82 Å². The number of hydrogen-bond donors (Lipinski definition) is 1. The van der Waals surface area contributed by atoms with Gasteiger partial charge in [-0.15, -0.1) is 0 Å². The van der Waals surface area contributed by atoms with E-state index in [2.05, 4.69) is 5.32 Å². The minimum absolute atomic E-state index is 0.168. The predicted octanol–water partition coefficient (Wildman–Crippen LogP) is 1.96. The molecule has 4 heteroatoms. The lowest BCUT2D eigenvalue weighted by molar-refractivity contribution is 0.0669. The average molecular weight is 250 g/mol. The first-order chi connectivity index (χ1) is 8.47. The van der Waals surface area contributed by atoms with Gasteiger partial charge in [-0.3, -0.25) is 4.79 Å². The molecule has 3 nitrogen and oxygen atoms in total. The van der Waals surface area contributed by atoms with Crippen LogP contribution in [0.3, 0.4) is 0 Å². The van der Waals surface area contributed by atoms with E-state index in [0.717, 1.165) is 5.56 Å². The van der Waals surface area contributed by atoms with Crippen LogP contribution in [0.25, 0.3) is 0 Å². The summed E-state index contributed by atoms with van der Waals surface area (Å²) in [5.41, 5.74) is 0.994. The van der Waals surface area contributed by atoms with Crippen molar-refractivity contribution in [2.75, 3.05) is 13.1 Å². The molecular formula is C14H19FN2O. The minimum atomic E-state index is -0.432. The van der Waals surface area contributed by atoms with Gasteiger partial charge >= 0.3 is 0 Å². The van der Waals surface area contributed by atoms with Gasteiger partial charge in [0.2, 0.25) is 0 Å². The molecule has 0 spiro atoms. The molecule has 2 atom stereocenters. The number of aryl methyl sites for hydroxylation is 1. The molecule has 1 saturated heterocycles. The number of hydrogen-bond acceptors (Lipinski definition) is 2. The van der Waals surface area contributed by atoms with Crippen molar-refractivity contribution in [3.63, 3.8) is 0 Å². The summed E-state index contributed by atoms with van der Waals surface area (Å²) in [6.45, 7) is 7.11. The van der Waals surface area contributed by atoms with Gasteiger partial charge < -0.3 is 10.2 Å². The van der Waals surface area contributed by atoms with E-state index in [0.29, 0.717) is 13.1 Å². The lowest BCUT2D eigenvalue weighted by Crippen LogP contribution is -2.55. The molecule has 1 amide bonds. The molecule has 1 aliphatic heterocycles. The molecule has 1 aromatic rings. The largest absolute Gasteiger partial charge is 0.335 e. The van der Waals surface area contributed by atoms with E-state index in [1.807, 2.05) is 20.8 Å². The quantitative estimate of drug-likeness (QED) is 0.826. The standard InChI is InChI=1S/C14H19FN2O/c1-9-4-5-12(13(15)6-9)14(18)17-7-10(2)16-11(3)8-17/h4-6,10-11,16H,7-8H2,1-3H3/t10-,11-/m0/s1. The Morgan fingerprint density at radius 1 is 1.33 bits per heavy atom. The van der Waals surface area contributed by atoms with E-state index in [1.54, 1.807) is 17.0 Å². The molecule has 1 aliphatic rings. The molecule has 0 radical (unpaired) electrons. The number of benzene rings is 1. The fourth-order valence-electron chi connectivity index (χ4n) is 2.46. The zero-order valence-corrected chi connectivity index (χ0v) is 11.0. The van der Waals surface area contributed by atoms with Crippen LogP contribution in [-0.4, -0.2) is 36.0 Å². The molecule has 1 N–H and O–H groups in total. The fraction of sp³-hybridized carbons (Fsp3) is 0.500. The highest BCUT2D eigenvalue weighted by molar-refractivity contribution is 5.94. The number of rotatable bonds is 1. The van der Waals surface area contributed by atoms with Crippen LogP contribution in [0.5, 0.6) is 0 Å². The summed E-state index contributed by atoms with van der Waals surface area (Å²) in [4.78, 5) is 14.0. The van der Waals surface area contributed by atoms with Gasteiger partial charge in [0.25, 0.3) is 5.91 Å². The van der Waals surface area contributed by atoms with Crippen LogP contribution < -0.4 is 5.32 Å². The Balaban J connectivity index is 2.20. The second-order valence-corrected chi connectivity index (χ2v) is 5.16. The number of halogens is 1. The summed E-state index contributed by atoms with van der Waals surface area (Å²) in [6, 6.07) is 5.23.